The zero-order valence-electron chi connectivity index (χ0n) is 12.4. The zero-order chi connectivity index (χ0) is 16.4. The Bertz CT molecular complexity index is 1010. The third-order valence-corrected chi connectivity index (χ3v) is 3.35. The van der Waals surface area contributed by atoms with E-state index in [4.69, 9.17) is 0 Å². The summed E-state index contributed by atoms with van der Waals surface area (Å²) in [6, 6.07) is 10.8. The molecular weight excluding hydrogens is 306 g/mol. The van der Waals surface area contributed by atoms with E-state index in [2.05, 4.69) is 30.4 Å². The van der Waals surface area contributed by atoms with E-state index in [-0.39, 0.29) is 11.6 Å². The minimum absolute atomic E-state index is 0.224. The summed E-state index contributed by atoms with van der Waals surface area (Å²) in [7, 11) is 0. The van der Waals surface area contributed by atoms with Crippen LogP contribution in [0.25, 0.3) is 16.9 Å². The highest BCUT2D eigenvalue weighted by Crippen LogP contribution is 2.17. The number of nitrogens with zero attached hydrogens (tertiary/aromatic N) is 6. The van der Waals surface area contributed by atoms with Gasteiger partial charge in [-0.15, -0.1) is 0 Å². The molecule has 0 aliphatic rings. The second kappa shape index (κ2) is 5.84. The Kier molecular flexibility index (Phi) is 3.39. The number of nitrogens with one attached hydrogen (secondary N) is 1. The molecule has 1 N–H and O–H groups in total. The summed E-state index contributed by atoms with van der Waals surface area (Å²) >= 11 is 0. The molecule has 116 valence electrons. The van der Waals surface area contributed by atoms with Crippen LogP contribution in [0.15, 0.2) is 61.4 Å². The molecule has 1 amide bonds. The van der Waals surface area contributed by atoms with Crippen molar-refractivity contribution >= 4 is 22.6 Å². The van der Waals surface area contributed by atoms with E-state index >= 15 is 0 Å². The predicted octanol–water partition coefficient (Wildman–Crippen LogP) is 1.86. The molecule has 0 aliphatic carbocycles. The van der Waals surface area contributed by atoms with Gasteiger partial charge in [0.05, 0.1) is 22.9 Å². The molecule has 0 radical (unpaired) electrons. The standard InChI is InChI=1S/C16H11N7O/c24-16(14-8-19-11-4-1-2-5-12(11)21-14)22-13-6-3-7-18-15(13)23-10-17-9-20-23/h1-10H,(H,22,24). The van der Waals surface area contributed by atoms with Gasteiger partial charge in [-0.3, -0.25) is 9.78 Å². The highest BCUT2D eigenvalue weighted by Gasteiger charge is 2.13. The van der Waals surface area contributed by atoms with Crippen LogP contribution in [-0.4, -0.2) is 35.6 Å². The van der Waals surface area contributed by atoms with Crippen molar-refractivity contribution in [2.45, 2.75) is 0 Å². The zero-order valence-corrected chi connectivity index (χ0v) is 12.4. The lowest BCUT2D eigenvalue weighted by molar-refractivity contribution is 0.102. The molecule has 3 heterocycles. The number of carbonyl (C=O) groups excluding carboxylic acids is 1. The number of carbonyl (C=O) groups is 1. The minimum atomic E-state index is -0.373. The van der Waals surface area contributed by atoms with E-state index < -0.39 is 0 Å². The Labute approximate surface area is 136 Å². The van der Waals surface area contributed by atoms with Gasteiger partial charge >= 0.3 is 0 Å². The summed E-state index contributed by atoms with van der Waals surface area (Å²) in [5, 5.41) is 6.82. The lowest BCUT2D eigenvalue weighted by Crippen LogP contribution is -2.16. The van der Waals surface area contributed by atoms with Gasteiger partial charge in [-0.25, -0.2) is 19.6 Å². The lowest BCUT2D eigenvalue weighted by Gasteiger charge is -2.09. The number of aromatic nitrogens is 6. The summed E-state index contributed by atoms with van der Waals surface area (Å²) in [5.41, 5.74) is 2.12. The first-order valence-electron chi connectivity index (χ1n) is 7.14. The van der Waals surface area contributed by atoms with E-state index in [0.29, 0.717) is 17.0 Å². The first-order chi connectivity index (χ1) is 11.8. The summed E-state index contributed by atoms with van der Waals surface area (Å²) in [5.74, 6) is 0.0970. The molecule has 0 spiro atoms. The fourth-order valence-corrected chi connectivity index (χ4v) is 2.25. The molecule has 0 fully saturated rings. The number of rotatable bonds is 3. The molecule has 4 rings (SSSR count). The van der Waals surface area contributed by atoms with Crippen molar-refractivity contribution in [3.63, 3.8) is 0 Å². The maximum absolute atomic E-state index is 12.5. The quantitative estimate of drug-likeness (QED) is 0.619. The average molecular weight is 317 g/mol. The van der Waals surface area contributed by atoms with Crippen LogP contribution in [0, 0.1) is 0 Å². The fourth-order valence-electron chi connectivity index (χ4n) is 2.25. The number of pyridine rings is 1. The maximum Gasteiger partial charge on any atom is 0.275 e. The van der Waals surface area contributed by atoms with Gasteiger partial charge < -0.3 is 5.32 Å². The lowest BCUT2D eigenvalue weighted by atomic mass is 10.3. The van der Waals surface area contributed by atoms with Crippen LogP contribution in [-0.2, 0) is 0 Å². The minimum Gasteiger partial charge on any atom is -0.317 e. The SMILES string of the molecule is O=C(Nc1cccnc1-n1cncn1)c1cnc2ccccc2n1. The van der Waals surface area contributed by atoms with Gasteiger partial charge in [0, 0.05) is 6.20 Å². The second-order valence-corrected chi connectivity index (χ2v) is 4.91. The number of hydrogen-bond donors (Lipinski definition) is 1. The largest absolute Gasteiger partial charge is 0.317 e. The van der Waals surface area contributed by atoms with Crippen LogP contribution in [0.2, 0.25) is 0 Å². The van der Waals surface area contributed by atoms with Crippen molar-refractivity contribution < 1.29 is 4.79 Å². The molecular formula is C16H11N7O. The number of hydrogen-bond acceptors (Lipinski definition) is 6. The van der Waals surface area contributed by atoms with Crippen LogP contribution in [0.3, 0.4) is 0 Å². The van der Waals surface area contributed by atoms with Crippen molar-refractivity contribution in [1.82, 2.24) is 29.7 Å². The Hall–Kier alpha value is -3.68. The van der Waals surface area contributed by atoms with Crippen molar-refractivity contribution in [3.8, 4) is 5.82 Å². The molecule has 3 aromatic heterocycles. The molecule has 0 unspecified atom stereocenters. The van der Waals surface area contributed by atoms with Crippen LogP contribution in [0.4, 0.5) is 5.69 Å². The van der Waals surface area contributed by atoms with E-state index in [9.17, 15) is 4.79 Å². The molecule has 8 nitrogen and oxygen atoms in total. The topological polar surface area (TPSA) is 98.5 Å². The summed E-state index contributed by atoms with van der Waals surface area (Å²) in [6.45, 7) is 0. The molecule has 0 aliphatic heterocycles. The van der Waals surface area contributed by atoms with Crippen LogP contribution < -0.4 is 5.32 Å². The molecule has 1 aromatic carbocycles. The third-order valence-electron chi connectivity index (χ3n) is 3.35. The first-order valence-corrected chi connectivity index (χ1v) is 7.14. The number of amides is 1. The van der Waals surface area contributed by atoms with Gasteiger partial charge in [-0.2, -0.15) is 5.10 Å². The highest BCUT2D eigenvalue weighted by molar-refractivity contribution is 6.04. The van der Waals surface area contributed by atoms with Gasteiger partial charge in [-0.1, -0.05) is 12.1 Å². The van der Waals surface area contributed by atoms with Crippen molar-refractivity contribution in [2.75, 3.05) is 5.32 Å². The normalized spacial score (nSPS) is 10.7. The summed E-state index contributed by atoms with van der Waals surface area (Å²) < 4.78 is 1.47. The molecule has 0 bridgehead atoms. The molecule has 0 saturated heterocycles. The predicted molar refractivity (Wildman–Crippen MR) is 86.6 cm³/mol. The molecule has 4 aromatic rings. The first kappa shape index (κ1) is 13.9. The Morgan fingerprint density at radius 2 is 1.92 bits per heavy atom. The van der Waals surface area contributed by atoms with Crippen LogP contribution in [0.5, 0.6) is 0 Å². The van der Waals surface area contributed by atoms with E-state index in [1.165, 1.54) is 23.5 Å². The highest BCUT2D eigenvalue weighted by atomic mass is 16.1. The Morgan fingerprint density at radius 1 is 1.04 bits per heavy atom. The van der Waals surface area contributed by atoms with Gasteiger partial charge in [0.15, 0.2) is 5.82 Å². The van der Waals surface area contributed by atoms with Gasteiger partial charge in [-0.05, 0) is 24.3 Å². The second-order valence-electron chi connectivity index (χ2n) is 4.91. The van der Waals surface area contributed by atoms with Gasteiger partial charge in [0.1, 0.15) is 18.3 Å². The maximum atomic E-state index is 12.5. The molecule has 0 atom stereocenters. The van der Waals surface area contributed by atoms with E-state index in [1.807, 2.05) is 24.3 Å². The Morgan fingerprint density at radius 3 is 2.75 bits per heavy atom. The molecule has 0 saturated carbocycles. The van der Waals surface area contributed by atoms with Crippen LogP contribution in [0.1, 0.15) is 10.5 Å². The van der Waals surface area contributed by atoms with Crippen molar-refractivity contribution in [2.24, 2.45) is 0 Å². The average Bonchev–Trinajstić information content (AvgIpc) is 3.16. The molecule has 24 heavy (non-hydrogen) atoms. The molecule has 8 heteroatoms. The van der Waals surface area contributed by atoms with E-state index in [0.717, 1.165) is 5.52 Å². The monoisotopic (exact) mass is 317 g/mol. The number of benzene rings is 1. The smallest absolute Gasteiger partial charge is 0.275 e. The summed E-state index contributed by atoms with van der Waals surface area (Å²) in [4.78, 5) is 29.2. The number of fused-ring (bicyclic) bond motifs is 1. The van der Waals surface area contributed by atoms with Gasteiger partial charge in [0.25, 0.3) is 5.91 Å². The number of anilines is 1. The van der Waals surface area contributed by atoms with Crippen LogP contribution >= 0.6 is 0 Å². The van der Waals surface area contributed by atoms with E-state index in [1.54, 1.807) is 18.3 Å². The summed E-state index contributed by atoms with van der Waals surface area (Å²) in [6.07, 6.45) is 5.97. The Balaban J connectivity index is 1.66. The van der Waals surface area contributed by atoms with Gasteiger partial charge in [0.2, 0.25) is 0 Å². The number of para-hydroxylation sites is 2. The third kappa shape index (κ3) is 2.56. The fraction of sp³-hybridized carbons (Fsp3) is 0. The van der Waals surface area contributed by atoms with Crippen molar-refractivity contribution in [3.05, 3.63) is 67.1 Å². The van der Waals surface area contributed by atoms with Crippen molar-refractivity contribution in [1.29, 1.82) is 0 Å².